The van der Waals surface area contributed by atoms with Crippen LogP contribution in [-0.4, -0.2) is 42.8 Å². The second-order valence-corrected chi connectivity index (χ2v) is 12.2. The van der Waals surface area contributed by atoms with E-state index in [0.717, 1.165) is 87.2 Å². The number of rotatable bonds is 4. The molecule has 6 aliphatic rings. The van der Waals surface area contributed by atoms with Crippen LogP contribution in [-0.2, 0) is 14.2 Å². The molecule has 1 aromatic carbocycles. The smallest absolute Gasteiger partial charge is 0.338 e. The zero-order valence-electron chi connectivity index (χ0n) is 20.1. The number of fused-ring (bicyclic) bond motifs is 5. The molecule has 0 bridgehead atoms. The fraction of sp³-hybridized carbons (Fsp3) is 0.759. The highest BCUT2D eigenvalue weighted by Crippen LogP contribution is 2.72. The molecule has 5 nitrogen and oxygen atoms in total. The highest BCUT2D eigenvalue weighted by Gasteiger charge is 2.68. The molecule has 6 fully saturated rings. The summed E-state index contributed by atoms with van der Waals surface area (Å²) in [5.41, 5.74) is 0.541. The van der Waals surface area contributed by atoms with Crippen LogP contribution in [0.4, 0.5) is 0 Å². The number of aliphatic hydroxyl groups is 1. The van der Waals surface area contributed by atoms with Gasteiger partial charge in [0.15, 0.2) is 5.79 Å². The summed E-state index contributed by atoms with van der Waals surface area (Å²) in [5, 5.41) is 11.2. The number of benzene rings is 1. The van der Waals surface area contributed by atoms with Crippen molar-refractivity contribution >= 4 is 5.97 Å². The molecule has 9 atom stereocenters. The maximum atomic E-state index is 12.5. The van der Waals surface area contributed by atoms with Crippen molar-refractivity contribution in [2.24, 2.45) is 46.8 Å². The molecule has 0 aromatic heterocycles. The lowest BCUT2D eigenvalue weighted by Crippen LogP contribution is -2.49. The zero-order chi connectivity index (χ0) is 22.9. The lowest BCUT2D eigenvalue weighted by Gasteiger charge is -2.53. The third-order valence-electron chi connectivity index (χ3n) is 11.2. The third-order valence-corrected chi connectivity index (χ3v) is 11.2. The van der Waals surface area contributed by atoms with E-state index in [1.807, 2.05) is 18.2 Å². The molecule has 184 valence electrons. The summed E-state index contributed by atoms with van der Waals surface area (Å²) in [5.74, 6) is 4.89. The maximum absolute atomic E-state index is 12.5. The van der Waals surface area contributed by atoms with Gasteiger partial charge >= 0.3 is 5.97 Å². The second-order valence-electron chi connectivity index (χ2n) is 12.2. The Morgan fingerprint density at radius 3 is 2.56 bits per heavy atom. The minimum Gasteiger partial charge on any atom is -0.462 e. The molecular weight excluding hydrogens is 428 g/mol. The summed E-state index contributed by atoms with van der Waals surface area (Å²) in [6.07, 6.45) is 9.64. The van der Waals surface area contributed by atoms with Gasteiger partial charge in [0.2, 0.25) is 0 Å². The minimum atomic E-state index is -0.274. The Balaban J connectivity index is 1.06. The predicted octanol–water partition coefficient (Wildman–Crippen LogP) is 4.83. The standard InChI is InChI=1S/C29H38O5/c30-25-7-6-24-21-16-22-23-17-29(33-14-15-34-29)11-9-20(26(22)23)19(21)8-10-28(24,25)12-13-32-27(31)18-4-2-1-3-5-18/h1-5,19-26,30H,6-17H2/t19?,20?,21?,22-,23?,24?,25-,26?,28+/m0/s1. The topological polar surface area (TPSA) is 65.0 Å². The molecule has 1 heterocycles. The van der Waals surface area contributed by atoms with Crippen molar-refractivity contribution in [1.29, 1.82) is 0 Å². The molecule has 0 amide bonds. The van der Waals surface area contributed by atoms with Gasteiger partial charge in [-0.25, -0.2) is 4.79 Å². The molecule has 1 aliphatic heterocycles. The van der Waals surface area contributed by atoms with Gasteiger partial charge in [-0.2, -0.15) is 0 Å². The molecule has 0 radical (unpaired) electrons. The van der Waals surface area contributed by atoms with Crippen molar-refractivity contribution in [3.05, 3.63) is 35.9 Å². The van der Waals surface area contributed by atoms with Gasteiger partial charge in [0, 0.05) is 18.3 Å². The molecule has 34 heavy (non-hydrogen) atoms. The molecule has 1 saturated heterocycles. The molecule has 6 unspecified atom stereocenters. The molecule has 1 N–H and O–H groups in total. The zero-order valence-corrected chi connectivity index (χ0v) is 20.1. The van der Waals surface area contributed by atoms with Gasteiger partial charge in [-0.15, -0.1) is 0 Å². The van der Waals surface area contributed by atoms with E-state index in [1.165, 1.54) is 19.3 Å². The molecule has 1 aromatic rings. The Labute approximate surface area is 202 Å². The van der Waals surface area contributed by atoms with Crippen LogP contribution in [0.1, 0.15) is 68.1 Å². The Kier molecular flexibility index (Phi) is 5.16. The first-order valence-corrected chi connectivity index (χ1v) is 13.8. The van der Waals surface area contributed by atoms with Crippen LogP contribution in [0.2, 0.25) is 0 Å². The second kappa shape index (κ2) is 8.04. The Morgan fingerprint density at radius 1 is 0.941 bits per heavy atom. The van der Waals surface area contributed by atoms with E-state index in [-0.39, 0.29) is 23.3 Å². The van der Waals surface area contributed by atoms with Gasteiger partial charge in [0.05, 0.1) is 31.5 Å². The van der Waals surface area contributed by atoms with E-state index in [9.17, 15) is 9.90 Å². The largest absolute Gasteiger partial charge is 0.462 e. The Morgan fingerprint density at radius 2 is 1.74 bits per heavy atom. The molecule has 5 aliphatic carbocycles. The SMILES string of the molecule is O=C(OCC[C@]12CCC3C4CCC5(CC6C4[C@H]6CC3C1CC[C@@H]2O)OCCO5)c1ccccc1. The van der Waals surface area contributed by atoms with Crippen molar-refractivity contribution in [3.8, 4) is 0 Å². The number of carbonyl (C=O) groups is 1. The van der Waals surface area contributed by atoms with Crippen molar-refractivity contribution in [3.63, 3.8) is 0 Å². The summed E-state index contributed by atoms with van der Waals surface area (Å²) in [7, 11) is 0. The normalized spacial score (nSPS) is 45.7. The van der Waals surface area contributed by atoms with E-state index in [4.69, 9.17) is 14.2 Å². The molecule has 5 saturated carbocycles. The van der Waals surface area contributed by atoms with Crippen molar-refractivity contribution in [2.75, 3.05) is 19.8 Å². The first kappa shape index (κ1) is 21.8. The first-order valence-electron chi connectivity index (χ1n) is 13.8. The highest BCUT2D eigenvalue weighted by molar-refractivity contribution is 5.89. The van der Waals surface area contributed by atoms with E-state index in [0.29, 0.717) is 18.1 Å². The minimum absolute atomic E-state index is 0.0665. The fourth-order valence-corrected chi connectivity index (χ4v) is 9.78. The van der Waals surface area contributed by atoms with Gasteiger partial charge in [-0.05, 0) is 98.5 Å². The monoisotopic (exact) mass is 466 g/mol. The van der Waals surface area contributed by atoms with Gasteiger partial charge in [-0.1, -0.05) is 18.2 Å². The summed E-state index contributed by atoms with van der Waals surface area (Å²) in [6, 6.07) is 9.26. The van der Waals surface area contributed by atoms with Gasteiger partial charge in [0.1, 0.15) is 0 Å². The predicted molar refractivity (Wildman–Crippen MR) is 126 cm³/mol. The van der Waals surface area contributed by atoms with Crippen molar-refractivity contribution < 1.29 is 24.1 Å². The number of aliphatic hydroxyl groups excluding tert-OH is 1. The third kappa shape index (κ3) is 3.26. The van der Waals surface area contributed by atoms with Gasteiger partial charge in [-0.3, -0.25) is 0 Å². The van der Waals surface area contributed by atoms with Crippen LogP contribution in [0.15, 0.2) is 30.3 Å². The summed E-state index contributed by atoms with van der Waals surface area (Å²) < 4.78 is 18.0. The molecule has 1 spiro atoms. The van der Waals surface area contributed by atoms with Crippen molar-refractivity contribution in [1.82, 2.24) is 0 Å². The Hall–Kier alpha value is -1.43. The number of esters is 1. The average Bonchev–Trinajstić information content (AvgIpc) is 3.19. The highest BCUT2D eigenvalue weighted by atomic mass is 16.7. The summed E-state index contributed by atoms with van der Waals surface area (Å²) >= 11 is 0. The number of ether oxygens (including phenoxy) is 3. The van der Waals surface area contributed by atoms with E-state index < -0.39 is 0 Å². The lowest BCUT2D eigenvalue weighted by atomic mass is 9.52. The number of carbonyl (C=O) groups excluding carboxylic acids is 1. The number of hydrogen-bond acceptors (Lipinski definition) is 5. The van der Waals surface area contributed by atoms with E-state index in [2.05, 4.69) is 0 Å². The number of hydrogen-bond donors (Lipinski definition) is 1. The van der Waals surface area contributed by atoms with Crippen LogP contribution in [0.3, 0.4) is 0 Å². The Bertz CT molecular complexity index is 926. The quantitative estimate of drug-likeness (QED) is 0.644. The first-order chi connectivity index (χ1) is 16.6. The average molecular weight is 467 g/mol. The van der Waals surface area contributed by atoms with Crippen LogP contribution < -0.4 is 0 Å². The molecule has 5 heteroatoms. The molecule has 7 rings (SSSR count). The van der Waals surface area contributed by atoms with Gasteiger partial charge < -0.3 is 19.3 Å². The van der Waals surface area contributed by atoms with Crippen LogP contribution in [0.5, 0.6) is 0 Å². The van der Waals surface area contributed by atoms with E-state index in [1.54, 1.807) is 12.1 Å². The van der Waals surface area contributed by atoms with E-state index >= 15 is 0 Å². The molecular formula is C29H38O5. The van der Waals surface area contributed by atoms with Crippen LogP contribution in [0.25, 0.3) is 0 Å². The summed E-state index contributed by atoms with van der Waals surface area (Å²) in [4.78, 5) is 12.5. The van der Waals surface area contributed by atoms with Gasteiger partial charge in [0.25, 0.3) is 0 Å². The lowest BCUT2D eigenvalue weighted by molar-refractivity contribution is -0.172. The fourth-order valence-electron chi connectivity index (χ4n) is 9.78. The summed E-state index contributed by atoms with van der Waals surface area (Å²) in [6.45, 7) is 1.93. The maximum Gasteiger partial charge on any atom is 0.338 e. The van der Waals surface area contributed by atoms with Crippen molar-refractivity contribution in [2.45, 2.75) is 69.7 Å². The van der Waals surface area contributed by atoms with Crippen LogP contribution in [0, 0.1) is 46.8 Å². The van der Waals surface area contributed by atoms with Crippen LogP contribution >= 0.6 is 0 Å².